The SMILES string of the molecule is O=C(COC(C(=O)O)C(OCCCCCc1ccc2ccccc2c1)C(=O)NCCCCCc1ccc2ccccc2c1)NOCc1ccccc1. The van der Waals surface area contributed by atoms with Crippen LogP contribution in [-0.4, -0.2) is 54.9 Å². The van der Waals surface area contributed by atoms with Gasteiger partial charge in [-0.25, -0.2) is 10.3 Å². The summed E-state index contributed by atoms with van der Waals surface area (Å²) in [5, 5.41) is 17.7. The van der Waals surface area contributed by atoms with Crippen LogP contribution in [0.15, 0.2) is 115 Å². The number of amides is 2. The summed E-state index contributed by atoms with van der Waals surface area (Å²) in [5.41, 5.74) is 5.63. The molecular formula is C43H48N2O7. The summed E-state index contributed by atoms with van der Waals surface area (Å²) in [6, 6.07) is 38.8. The number of fused-ring (bicyclic) bond motifs is 2. The third kappa shape index (κ3) is 12.3. The number of aliphatic carboxylic acids is 1. The lowest BCUT2D eigenvalue weighted by Gasteiger charge is -2.24. The number of carbonyl (C=O) groups excluding carboxylic acids is 2. The van der Waals surface area contributed by atoms with Crippen LogP contribution in [0.1, 0.15) is 55.2 Å². The van der Waals surface area contributed by atoms with Crippen LogP contribution in [0.2, 0.25) is 0 Å². The molecule has 0 aliphatic carbocycles. The fourth-order valence-corrected chi connectivity index (χ4v) is 6.11. The fourth-order valence-electron chi connectivity index (χ4n) is 6.11. The molecule has 2 unspecified atom stereocenters. The van der Waals surface area contributed by atoms with Crippen molar-refractivity contribution in [2.45, 2.75) is 70.2 Å². The maximum absolute atomic E-state index is 13.3. The van der Waals surface area contributed by atoms with Crippen LogP contribution in [-0.2, 0) is 48.1 Å². The molecule has 0 aliphatic heterocycles. The van der Waals surface area contributed by atoms with Gasteiger partial charge < -0.3 is 19.9 Å². The van der Waals surface area contributed by atoms with Gasteiger partial charge >= 0.3 is 5.97 Å². The number of nitrogens with one attached hydrogen (secondary N) is 2. The van der Waals surface area contributed by atoms with Gasteiger partial charge in [-0.2, -0.15) is 0 Å². The Morgan fingerprint density at radius 2 is 1.15 bits per heavy atom. The van der Waals surface area contributed by atoms with Crippen LogP contribution < -0.4 is 10.8 Å². The van der Waals surface area contributed by atoms with Crippen molar-refractivity contribution in [2.24, 2.45) is 0 Å². The molecule has 0 saturated carbocycles. The van der Waals surface area contributed by atoms with Gasteiger partial charge in [-0.15, -0.1) is 0 Å². The van der Waals surface area contributed by atoms with Gasteiger partial charge in [-0.3, -0.25) is 14.4 Å². The summed E-state index contributed by atoms with van der Waals surface area (Å²) in [7, 11) is 0. The number of ether oxygens (including phenoxy) is 2. The van der Waals surface area contributed by atoms with E-state index in [1.165, 1.54) is 32.7 Å². The van der Waals surface area contributed by atoms with Crippen LogP contribution in [0.3, 0.4) is 0 Å². The molecule has 272 valence electrons. The van der Waals surface area contributed by atoms with Gasteiger partial charge in [0.05, 0.1) is 6.61 Å². The lowest BCUT2D eigenvalue weighted by Crippen LogP contribution is -2.50. The lowest BCUT2D eigenvalue weighted by molar-refractivity contribution is -0.171. The number of rotatable bonds is 22. The summed E-state index contributed by atoms with van der Waals surface area (Å²) in [6.07, 6.45) is 3.65. The van der Waals surface area contributed by atoms with Gasteiger partial charge in [0.1, 0.15) is 6.61 Å². The quantitative estimate of drug-likeness (QED) is 0.0509. The molecule has 5 aromatic carbocycles. The fraction of sp³-hybridized carbons (Fsp3) is 0.326. The zero-order chi connectivity index (χ0) is 36.4. The van der Waals surface area contributed by atoms with Crippen molar-refractivity contribution in [2.75, 3.05) is 19.8 Å². The average Bonchev–Trinajstić information content (AvgIpc) is 3.16. The first-order valence-electron chi connectivity index (χ1n) is 18.1. The second-order valence-electron chi connectivity index (χ2n) is 12.9. The van der Waals surface area contributed by atoms with E-state index < -0.39 is 36.6 Å². The molecule has 0 saturated heterocycles. The van der Waals surface area contributed by atoms with E-state index in [0.717, 1.165) is 50.5 Å². The van der Waals surface area contributed by atoms with Gasteiger partial charge in [-0.1, -0.05) is 128 Å². The smallest absolute Gasteiger partial charge is 0.336 e. The van der Waals surface area contributed by atoms with E-state index in [0.29, 0.717) is 13.0 Å². The number of aryl methyl sites for hydroxylation is 2. The van der Waals surface area contributed by atoms with E-state index in [1.807, 2.05) is 54.6 Å². The topological polar surface area (TPSA) is 123 Å². The van der Waals surface area contributed by atoms with Crippen molar-refractivity contribution in [3.8, 4) is 0 Å². The second kappa shape index (κ2) is 20.7. The highest BCUT2D eigenvalue weighted by atomic mass is 16.7. The van der Waals surface area contributed by atoms with E-state index in [-0.39, 0.29) is 13.2 Å². The Hall–Kier alpha value is -5.09. The minimum atomic E-state index is -1.69. The van der Waals surface area contributed by atoms with Crippen molar-refractivity contribution in [1.82, 2.24) is 10.8 Å². The number of carbonyl (C=O) groups is 3. The number of hydrogen-bond acceptors (Lipinski definition) is 6. The third-order valence-corrected chi connectivity index (χ3v) is 8.91. The molecule has 0 fully saturated rings. The first-order valence-corrected chi connectivity index (χ1v) is 18.1. The predicted molar refractivity (Wildman–Crippen MR) is 203 cm³/mol. The molecule has 2 atom stereocenters. The van der Waals surface area contributed by atoms with Crippen molar-refractivity contribution in [3.05, 3.63) is 132 Å². The molecule has 0 aromatic heterocycles. The number of carboxylic acids is 1. The maximum atomic E-state index is 13.3. The Balaban J connectivity index is 1.08. The van der Waals surface area contributed by atoms with E-state index in [4.69, 9.17) is 14.3 Å². The molecule has 3 N–H and O–H groups in total. The van der Waals surface area contributed by atoms with Gasteiger partial charge in [0, 0.05) is 13.2 Å². The highest BCUT2D eigenvalue weighted by Crippen LogP contribution is 2.19. The Labute approximate surface area is 305 Å². The number of carboxylic acid groups (broad SMARTS) is 1. The molecule has 0 aliphatic rings. The maximum Gasteiger partial charge on any atom is 0.336 e. The van der Waals surface area contributed by atoms with Gasteiger partial charge in [0.25, 0.3) is 11.8 Å². The third-order valence-electron chi connectivity index (χ3n) is 8.91. The van der Waals surface area contributed by atoms with Gasteiger partial charge in [-0.05, 0) is 76.8 Å². The molecule has 9 heteroatoms. The average molecular weight is 705 g/mol. The van der Waals surface area contributed by atoms with E-state index in [9.17, 15) is 19.5 Å². The van der Waals surface area contributed by atoms with Crippen molar-refractivity contribution in [1.29, 1.82) is 0 Å². The Kier molecular flexibility index (Phi) is 15.2. The van der Waals surface area contributed by atoms with Gasteiger partial charge in [0.2, 0.25) is 0 Å². The first kappa shape index (κ1) is 38.1. The Bertz CT molecular complexity index is 1880. The highest BCUT2D eigenvalue weighted by Gasteiger charge is 2.36. The predicted octanol–water partition coefficient (Wildman–Crippen LogP) is 7.34. The summed E-state index contributed by atoms with van der Waals surface area (Å²) in [4.78, 5) is 43.3. The van der Waals surface area contributed by atoms with Gasteiger partial charge in [0.15, 0.2) is 12.2 Å². The van der Waals surface area contributed by atoms with Crippen LogP contribution in [0.4, 0.5) is 0 Å². The molecule has 0 spiro atoms. The molecule has 2 amide bonds. The van der Waals surface area contributed by atoms with Crippen molar-refractivity contribution in [3.63, 3.8) is 0 Å². The minimum absolute atomic E-state index is 0.131. The number of unbranched alkanes of at least 4 members (excludes halogenated alkanes) is 4. The Morgan fingerprint density at radius 3 is 1.77 bits per heavy atom. The van der Waals surface area contributed by atoms with E-state index in [1.54, 1.807) is 0 Å². The largest absolute Gasteiger partial charge is 0.479 e. The normalized spacial score (nSPS) is 12.4. The molecule has 52 heavy (non-hydrogen) atoms. The van der Waals surface area contributed by atoms with E-state index in [2.05, 4.69) is 71.5 Å². The van der Waals surface area contributed by atoms with Crippen LogP contribution >= 0.6 is 0 Å². The first-order chi connectivity index (χ1) is 25.5. The summed E-state index contributed by atoms with van der Waals surface area (Å²) < 4.78 is 11.4. The minimum Gasteiger partial charge on any atom is -0.479 e. The zero-order valence-electron chi connectivity index (χ0n) is 29.5. The summed E-state index contributed by atoms with van der Waals surface area (Å²) in [5.74, 6) is -2.66. The standard InChI is InChI=1S/C43H48N2O7/c46-39(45-52-30-34-16-4-1-5-17-34)31-51-41(43(48)49)40(50-27-13-3-7-15-33-23-25-36-19-9-11-21-38(36)29-33)42(47)44-26-12-2-6-14-32-22-24-35-18-8-10-20-37(35)28-32/h1,4-5,8-11,16-25,28-29,40-41H,2-3,6-7,12-15,26-27,30-31H2,(H,44,47)(H,45,46)(H,48,49). The van der Waals surface area contributed by atoms with Crippen molar-refractivity contribution < 1.29 is 33.8 Å². The monoisotopic (exact) mass is 704 g/mol. The molecule has 9 nitrogen and oxygen atoms in total. The number of hydroxylamine groups is 1. The number of benzene rings is 5. The molecular weight excluding hydrogens is 656 g/mol. The van der Waals surface area contributed by atoms with E-state index >= 15 is 0 Å². The summed E-state index contributed by atoms with van der Waals surface area (Å²) >= 11 is 0. The molecule has 5 rings (SSSR count). The van der Waals surface area contributed by atoms with Crippen LogP contribution in [0, 0.1) is 0 Å². The highest BCUT2D eigenvalue weighted by molar-refractivity contribution is 5.88. The zero-order valence-corrected chi connectivity index (χ0v) is 29.5. The molecule has 0 bridgehead atoms. The molecule has 0 heterocycles. The number of hydrogen-bond donors (Lipinski definition) is 3. The molecule has 0 radical (unpaired) electrons. The molecule has 5 aromatic rings. The lowest BCUT2D eigenvalue weighted by atomic mass is 10.0. The second-order valence-corrected chi connectivity index (χ2v) is 12.9. The van der Waals surface area contributed by atoms with Crippen LogP contribution in [0.25, 0.3) is 21.5 Å². The summed E-state index contributed by atoms with van der Waals surface area (Å²) in [6.45, 7) is 0.0367. The van der Waals surface area contributed by atoms with Crippen molar-refractivity contribution >= 4 is 39.3 Å². The Morgan fingerprint density at radius 1 is 0.577 bits per heavy atom. The van der Waals surface area contributed by atoms with Crippen LogP contribution in [0.5, 0.6) is 0 Å².